The predicted molar refractivity (Wildman–Crippen MR) is 155 cm³/mol. The van der Waals surface area contributed by atoms with Gasteiger partial charge in [-0.15, -0.1) is 0 Å². The Bertz CT molecular complexity index is 1810. The zero-order valence-electron chi connectivity index (χ0n) is 23.3. The van der Waals surface area contributed by atoms with Crippen molar-refractivity contribution in [2.75, 3.05) is 24.5 Å². The Balaban J connectivity index is 1.48. The van der Waals surface area contributed by atoms with Gasteiger partial charge in [0.25, 0.3) is 5.56 Å². The molecule has 2 fully saturated rings. The molecule has 1 saturated heterocycles. The van der Waals surface area contributed by atoms with Crippen LogP contribution >= 0.6 is 0 Å². The molecule has 0 spiro atoms. The third kappa shape index (κ3) is 5.31. The van der Waals surface area contributed by atoms with Gasteiger partial charge >= 0.3 is 0 Å². The van der Waals surface area contributed by atoms with Crippen molar-refractivity contribution in [1.29, 1.82) is 10.5 Å². The number of halogens is 2. The lowest BCUT2D eigenvalue weighted by Gasteiger charge is -2.45. The topological polar surface area (TPSA) is 118 Å². The van der Waals surface area contributed by atoms with Crippen LogP contribution in [0.1, 0.15) is 41.3 Å². The first-order valence-electron chi connectivity index (χ1n) is 13.9. The van der Waals surface area contributed by atoms with Crippen molar-refractivity contribution in [3.8, 4) is 12.1 Å². The van der Waals surface area contributed by atoms with Crippen LogP contribution in [0.5, 0.6) is 0 Å². The number of fused-ring (bicyclic) bond motifs is 1. The van der Waals surface area contributed by atoms with Crippen LogP contribution in [0.4, 0.5) is 14.5 Å². The van der Waals surface area contributed by atoms with Crippen LogP contribution in [0.3, 0.4) is 0 Å². The van der Waals surface area contributed by atoms with Crippen molar-refractivity contribution in [3.63, 3.8) is 0 Å². The summed E-state index contributed by atoms with van der Waals surface area (Å²) >= 11 is 0. The van der Waals surface area contributed by atoms with E-state index in [1.807, 2.05) is 21.9 Å². The highest BCUT2D eigenvalue weighted by atomic mass is 19.1. The van der Waals surface area contributed by atoms with Crippen molar-refractivity contribution < 1.29 is 13.6 Å². The summed E-state index contributed by atoms with van der Waals surface area (Å²) in [6.45, 7) is 0.718. The van der Waals surface area contributed by atoms with Crippen molar-refractivity contribution in [1.82, 2.24) is 19.8 Å². The van der Waals surface area contributed by atoms with Crippen LogP contribution < -0.4 is 15.8 Å². The average molecular weight is 580 g/mol. The van der Waals surface area contributed by atoms with E-state index in [2.05, 4.69) is 10.3 Å². The van der Waals surface area contributed by atoms with Crippen LogP contribution in [-0.2, 0) is 11.8 Å². The number of rotatable bonds is 6. The number of nitrogens with zero attached hydrogens (tertiary/aromatic N) is 6. The highest BCUT2D eigenvalue weighted by molar-refractivity contribution is 5.93. The molecule has 0 bridgehead atoms. The van der Waals surface area contributed by atoms with Gasteiger partial charge in [-0.05, 0) is 60.4 Å². The highest BCUT2D eigenvalue weighted by Crippen LogP contribution is 2.36. The molecule has 3 heterocycles. The van der Waals surface area contributed by atoms with Gasteiger partial charge in [0.2, 0.25) is 5.91 Å². The Morgan fingerprint density at radius 1 is 0.953 bits per heavy atom. The number of benzene rings is 2. The third-order valence-corrected chi connectivity index (χ3v) is 8.11. The zero-order chi connectivity index (χ0) is 30.2. The number of carbonyl (C=O) groups is 1. The van der Waals surface area contributed by atoms with Gasteiger partial charge in [-0.2, -0.15) is 10.5 Å². The van der Waals surface area contributed by atoms with Crippen LogP contribution in [0.15, 0.2) is 65.5 Å². The molecule has 43 heavy (non-hydrogen) atoms. The van der Waals surface area contributed by atoms with E-state index >= 15 is 0 Å². The molecule has 1 aliphatic heterocycles. The summed E-state index contributed by atoms with van der Waals surface area (Å²) in [5.41, 5.74) is 2.00. The lowest BCUT2D eigenvalue weighted by molar-refractivity contribution is -0.127. The van der Waals surface area contributed by atoms with Gasteiger partial charge in [0.05, 0.1) is 17.2 Å². The van der Waals surface area contributed by atoms with E-state index in [1.54, 1.807) is 37.4 Å². The molecule has 1 unspecified atom stereocenters. The van der Waals surface area contributed by atoms with E-state index in [0.29, 0.717) is 24.1 Å². The summed E-state index contributed by atoms with van der Waals surface area (Å²) in [4.78, 5) is 35.4. The Labute approximate surface area is 246 Å². The second-order valence-electron chi connectivity index (χ2n) is 10.9. The summed E-state index contributed by atoms with van der Waals surface area (Å²) < 4.78 is 29.2. The molecule has 11 heteroatoms. The molecule has 0 radical (unpaired) electrons. The standard InChI is InChI=1S/C32H27F2N7O2/c1-39-26-13-12-24(16-35)37-28(26)30(25(17-36)32(39)43)40-14-15-41(27(18-40)31(42)38-23-10-11-23)29(19-2-6-21(33)7-3-19)20-4-8-22(34)9-5-20/h2-9,12-13,23,27,29H,10-11,14-15,18H2,1H3,(H,38,42). The van der Waals surface area contributed by atoms with Gasteiger partial charge in [-0.1, -0.05) is 24.3 Å². The maximum Gasteiger partial charge on any atom is 0.270 e. The molecular formula is C32H27F2N7O2. The molecule has 2 aliphatic rings. The molecule has 2 aromatic carbocycles. The summed E-state index contributed by atoms with van der Waals surface area (Å²) in [5.74, 6) is -1.03. The largest absolute Gasteiger partial charge is 0.365 e. The number of nitriles is 2. The van der Waals surface area contributed by atoms with Crippen molar-refractivity contribution in [3.05, 3.63) is 105 Å². The SMILES string of the molecule is Cn1c(=O)c(C#N)c(N2CCN(C(c3ccc(F)cc3)c3ccc(F)cc3)C(C(=O)NC3CC3)C2)c2nc(C#N)ccc21. The first-order chi connectivity index (χ1) is 20.8. The molecule has 4 aromatic rings. The van der Waals surface area contributed by atoms with E-state index in [-0.39, 0.29) is 35.4 Å². The van der Waals surface area contributed by atoms with Gasteiger partial charge in [0, 0.05) is 32.7 Å². The van der Waals surface area contributed by atoms with Gasteiger partial charge in [-0.25, -0.2) is 13.8 Å². The van der Waals surface area contributed by atoms with Crippen molar-refractivity contribution in [2.24, 2.45) is 7.05 Å². The van der Waals surface area contributed by atoms with Crippen molar-refractivity contribution >= 4 is 22.6 Å². The van der Waals surface area contributed by atoms with Gasteiger partial charge < -0.3 is 14.8 Å². The number of pyridine rings is 2. The number of amides is 1. The number of aryl methyl sites for hydroxylation is 1. The maximum atomic E-state index is 13.9. The third-order valence-electron chi connectivity index (χ3n) is 8.11. The smallest absolute Gasteiger partial charge is 0.270 e. The maximum absolute atomic E-state index is 13.9. The van der Waals surface area contributed by atoms with Crippen LogP contribution in [-0.4, -0.2) is 52.1 Å². The number of nitrogens with one attached hydrogen (secondary N) is 1. The molecule has 2 aromatic heterocycles. The van der Waals surface area contributed by atoms with Gasteiger partial charge in [-0.3, -0.25) is 14.5 Å². The average Bonchev–Trinajstić information content (AvgIpc) is 3.84. The van der Waals surface area contributed by atoms with E-state index in [9.17, 15) is 28.9 Å². The van der Waals surface area contributed by atoms with Gasteiger partial charge in [0.15, 0.2) is 0 Å². The predicted octanol–water partition coefficient (Wildman–Crippen LogP) is 3.51. The number of hydrogen-bond donors (Lipinski definition) is 1. The molecule has 1 amide bonds. The Kier molecular flexibility index (Phi) is 7.34. The Morgan fingerprint density at radius 2 is 1.58 bits per heavy atom. The van der Waals surface area contributed by atoms with Gasteiger partial charge in [0.1, 0.15) is 46.6 Å². The number of anilines is 1. The second kappa shape index (κ2) is 11.3. The summed E-state index contributed by atoms with van der Waals surface area (Å²) in [6, 6.07) is 18.0. The summed E-state index contributed by atoms with van der Waals surface area (Å²) in [7, 11) is 1.54. The fourth-order valence-electron chi connectivity index (χ4n) is 5.80. The van der Waals surface area contributed by atoms with E-state index < -0.39 is 29.3 Å². The number of carbonyl (C=O) groups excluding carboxylic acids is 1. The molecule has 1 atom stereocenters. The minimum Gasteiger partial charge on any atom is -0.365 e. The molecule has 1 N–H and O–H groups in total. The van der Waals surface area contributed by atoms with Crippen LogP contribution in [0, 0.1) is 34.3 Å². The number of aromatic nitrogens is 2. The summed E-state index contributed by atoms with van der Waals surface area (Å²) in [5, 5.41) is 22.7. The normalized spacial score (nSPS) is 17.1. The molecular weight excluding hydrogens is 552 g/mol. The second-order valence-corrected chi connectivity index (χ2v) is 10.9. The van der Waals surface area contributed by atoms with Crippen molar-refractivity contribution in [2.45, 2.75) is 31.0 Å². The van der Waals surface area contributed by atoms with Crippen LogP contribution in [0.2, 0.25) is 0 Å². The van der Waals surface area contributed by atoms with E-state index in [1.165, 1.54) is 34.9 Å². The first kappa shape index (κ1) is 28.0. The lowest BCUT2D eigenvalue weighted by atomic mass is 9.93. The number of hydrogen-bond acceptors (Lipinski definition) is 7. The van der Waals surface area contributed by atoms with E-state index in [4.69, 9.17) is 0 Å². The Morgan fingerprint density at radius 3 is 2.14 bits per heavy atom. The highest BCUT2D eigenvalue weighted by Gasteiger charge is 2.40. The molecule has 6 rings (SSSR count). The minimum absolute atomic E-state index is 0.0687. The van der Waals surface area contributed by atoms with E-state index in [0.717, 1.165) is 24.0 Å². The zero-order valence-corrected chi connectivity index (χ0v) is 23.3. The minimum atomic E-state index is -0.765. The first-order valence-corrected chi connectivity index (χ1v) is 13.9. The molecule has 1 saturated carbocycles. The number of piperazine rings is 1. The quantitative estimate of drug-likeness (QED) is 0.372. The fraction of sp³-hybridized carbons (Fsp3) is 0.281. The monoisotopic (exact) mass is 579 g/mol. The summed E-state index contributed by atoms with van der Waals surface area (Å²) in [6.07, 6.45) is 1.75. The molecule has 216 valence electrons. The fourth-order valence-corrected chi connectivity index (χ4v) is 5.80. The lowest BCUT2D eigenvalue weighted by Crippen LogP contribution is -2.60. The molecule has 9 nitrogen and oxygen atoms in total. The van der Waals surface area contributed by atoms with Crippen LogP contribution in [0.25, 0.3) is 11.0 Å². The molecule has 1 aliphatic carbocycles. The Hall–Kier alpha value is -5.13.